The first kappa shape index (κ1) is 19.0. The third-order valence-corrected chi connectivity index (χ3v) is 5.16. The van der Waals surface area contributed by atoms with Gasteiger partial charge in [-0.15, -0.1) is 0 Å². The molecule has 0 radical (unpaired) electrons. The standard InChI is InChI=1S/C20H31N5O/c1-23-14-20(13-22-23)17-25(15-18-3-7-21-8-4-18)16-19-5-9-24(10-6-19)11-12-26-2/h3-4,7-8,13-14,19H,5-6,9-12,15-17H2,1-2H3. The first-order valence-corrected chi connectivity index (χ1v) is 9.53. The molecule has 0 saturated carbocycles. The quantitative estimate of drug-likeness (QED) is 0.688. The fourth-order valence-corrected chi connectivity index (χ4v) is 3.72. The lowest BCUT2D eigenvalue weighted by Gasteiger charge is -2.34. The third-order valence-electron chi connectivity index (χ3n) is 5.16. The molecule has 2 aromatic rings. The largest absolute Gasteiger partial charge is 0.383 e. The van der Waals surface area contributed by atoms with Crippen LogP contribution in [0, 0.1) is 5.92 Å². The van der Waals surface area contributed by atoms with Gasteiger partial charge in [0.25, 0.3) is 0 Å². The van der Waals surface area contributed by atoms with Crippen molar-refractivity contribution in [2.75, 3.05) is 39.9 Å². The highest BCUT2D eigenvalue weighted by molar-refractivity contribution is 5.10. The number of rotatable bonds is 9. The van der Waals surface area contributed by atoms with Crippen LogP contribution >= 0.6 is 0 Å². The van der Waals surface area contributed by atoms with E-state index in [4.69, 9.17) is 4.74 Å². The van der Waals surface area contributed by atoms with Crippen LogP contribution in [0.1, 0.15) is 24.0 Å². The second kappa shape index (κ2) is 9.80. The number of ether oxygens (including phenoxy) is 1. The van der Waals surface area contributed by atoms with E-state index in [-0.39, 0.29) is 0 Å². The van der Waals surface area contributed by atoms with Crippen molar-refractivity contribution in [1.82, 2.24) is 24.6 Å². The zero-order valence-corrected chi connectivity index (χ0v) is 16.0. The maximum absolute atomic E-state index is 5.21. The molecule has 0 unspecified atom stereocenters. The Labute approximate surface area is 156 Å². The van der Waals surface area contributed by atoms with Gasteiger partial charge in [-0.25, -0.2) is 0 Å². The second-order valence-corrected chi connectivity index (χ2v) is 7.33. The summed E-state index contributed by atoms with van der Waals surface area (Å²) < 4.78 is 7.09. The fourth-order valence-electron chi connectivity index (χ4n) is 3.72. The van der Waals surface area contributed by atoms with Crippen LogP contribution in [0.3, 0.4) is 0 Å². The smallest absolute Gasteiger partial charge is 0.0589 e. The zero-order valence-electron chi connectivity index (χ0n) is 16.0. The average Bonchev–Trinajstić information content (AvgIpc) is 3.06. The predicted molar refractivity (Wildman–Crippen MR) is 103 cm³/mol. The van der Waals surface area contributed by atoms with Gasteiger partial charge in [-0.2, -0.15) is 5.10 Å². The van der Waals surface area contributed by atoms with Gasteiger partial charge in [-0.1, -0.05) is 0 Å². The third kappa shape index (κ3) is 5.90. The van der Waals surface area contributed by atoms with Crippen molar-refractivity contribution in [2.45, 2.75) is 25.9 Å². The molecule has 0 aliphatic carbocycles. The molecule has 26 heavy (non-hydrogen) atoms. The first-order chi connectivity index (χ1) is 12.7. The molecule has 1 saturated heterocycles. The molecule has 0 bridgehead atoms. The highest BCUT2D eigenvalue weighted by Crippen LogP contribution is 2.20. The number of nitrogens with zero attached hydrogens (tertiary/aromatic N) is 5. The van der Waals surface area contributed by atoms with E-state index < -0.39 is 0 Å². The molecule has 0 amide bonds. The lowest BCUT2D eigenvalue weighted by Crippen LogP contribution is -2.39. The van der Waals surface area contributed by atoms with Crippen LogP contribution in [0.15, 0.2) is 36.9 Å². The summed E-state index contributed by atoms with van der Waals surface area (Å²) in [4.78, 5) is 9.22. The van der Waals surface area contributed by atoms with Crippen molar-refractivity contribution < 1.29 is 4.74 Å². The van der Waals surface area contributed by atoms with Gasteiger partial charge in [0.05, 0.1) is 12.8 Å². The molecule has 0 atom stereocenters. The van der Waals surface area contributed by atoms with E-state index in [2.05, 4.69) is 38.2 Å². The van der Waals surface area contributed by atoms with Gasteiger partial charge in [-0.3, -0.25) is 14.6 Å². The monoisotopic (exact) mass is 357 g/mol. The van der Waals surface area contributed by atoms with Crippen LogP contribution in [0.5, 0.6) is 0 Å². The van der Waals surface area contributed by atoms with Crippen LogP contribution in [-0.4, -0.2) is 64.5 Å². The van der Waals surface area contributed by atoms with Gasteiger partial charge in [0, 0.05) is 64.5 Å². The average molecular weight is 358 g/mol. The molecule has 1 aliphatic rings. The Bertz CT molecular complexity index is 637. The van der Waals surface area contributed by atoms with Gasteiger partial charge in [0.15, 0.2) is 0 Å². The molecule has 2 aromatic heterocycles. The van der Waals surface area contributed by atoms with Crippen molar-refractivity contribution in [2.24, 2.45) is 13.0 Å². The minimum Gasteiger partial charge on any atom is -0.383 e. The first-order valence-electron chi connectivity index (χ1n) is 9.53. The maximum atomic E-state index is 5.21. The molecule has 1 aliphatic heterocycles. The maximum Gasteiger partial charge on any atom is 0.0589 e. The van der Waals surface area contributed by atoms with E-state index in [9.17, 15) is 0 Å². The van der Waals surface area contributed by atoms with Gasteiger partial charge in [0.1, 0.15) is 0 Å². The summed E-state index contributed by atoms with van der Waals surface area (Å²) in [6.07, 6.45) is 10.4. The van der Waals surface area contributed by atoms with Crippen molar-refractivity contribution >= 4 is 0 Å². The molecule has 0 spiro atoms. The summed E-state index contributed by atoms with van der Waals surface area (Å²) in [6.45, 7) is 7.30. The van der Waals surface area contributed by atoms with Crippen LogP contribution in [0.4, 0.5) is 0 Å². The number of pyridine rings is 1. The molecule has 0 aromatic carbocycles. The van der Waals surface area contributed by atoms with Gasteiger partial charge in [-0.05, 0) is 49.5 Å². The SMILES string of the molecule is COCCN1CCC(CN(Cc2ccncc2)Cc2cnn(C)c2)CC1. The van der Waals surface area contributed by atoms with Gasteiger partial charge >= 0.3 is 0 Å². The van der Waals surface area contributed by atoms with Crippen LogP contribution < -0.4 is 0 Å². The molecule has 3 rings (SSSR count). The van der Waals surface area contributed by atoms with E-state index >= 15 is 0 Å². The van der Waals surface area contributed by atoms with Crippen molar-refractivity contribution in [1.29, 1.82) is 0 Å². The predicted octanol–water partition coefficient (Wildman–Crippen LogP) is 2.18. The highest BCUT2D eigenvalue weighted by atomic mass is 16.5. The summed E-state index contributed by atoms with van der Waals surface area (Å²) >= 11 is 0. The molecule has 6 heteroatoms. The topological polar surface area (TPSA) is 46.4 Å². The van der Waals surface area contributed by atoms with Gasteiger partial charge in [0.2, 0.25) is 0 Å². The van der Waals surface area contributed by atoms with E-state index in [1.807, 2.05) is 30.3 Å². The van der Waals surface area contributed by atoms with E-state index in [0.717, 1.165) is 38.7 Å². The van der Waals surface area contributed by atoms with Crippen LogP contribution in [0.2, 0.25) is 0 Å². The number of likely N-dealkylation sites (tertiary alicyclic amines) is 1. The number of aryl methyl sites for hydroxylation is 1. The Morgan fingerprint density at radius 2 is 1.88 bits per heavy atom. The lowest BCUT2D eigenvalue weighted by atomic mass is 9.96. The summed E-state index contributed by atoms with van der Waals surface area (Å²) in [6, 6.07) is 4.23. The summed E-state index contributed by atoms with van der Waals surface area (Å²) in [7, 11) is 3.76. The number of hydrogen-bond donors (Lipinski definition) is 0. The van der Waals surface area contributed by atoms with Crippen molar-refractivity contribution in [3.63, 3.8) is 0 Å². The number of piperidine rings is 1. The zero-order chi connectivity index (χ0) is 18.2. The fraction of sp³-hybridized carbons (Fsp3) is 0.600. The second-order valence-electron chi connectivity index (χ2n) is 7.33. The van der Waals surface area contributed by atoms with Gasteiger partial charge < -0.3 is 9.64 Å². The van der Waals surface area contributed by atoms with Crippen LogP contribution in [-0.2, 0) is 24.9 Å². The molecule has 0 N–H and O–H groups in total. The molecule has 6 nitrogen and oxygen atoms in total. The van der Waals surface area contributed by atoms with Crippen molar-refractivity contribution in [3.05, 3.63) is 48.0 Å². The van der Waals surface area contributed by atoms with E-state index in [1.165, 1.54) is 37.1 Å². The number of aromatic nitrogens is 3. The Morgan fingerprint density at radius 1 is 1.15 bits per heavy atom. The summed E-state index contributed by atoms with van der Waals surface area (Å²) in [5.41, 5.74) is 2.60. The summed E-state index contributed by atoms with van der Waals surface area (Å²) in [5.74, 6) is 0.757. The lowest BCUT2D eigenvalue weighted by molar-refractivity contribution is 0.104. The van der Waals surface area contributed by atoms with Crippen LogP contribution in [0.25, 0.3) is 0 Å². The van der Waals surface area contributed by atoms with E-state index in [1.54, 1.807) is 7.11 Å². The minimum atomic E-state index is 0.757. The molecular weight excluding hydrogens is 326 g/mol. The minimum absolute atomic E-state index is 0.757. The summed E-state index contributed by atoms with van der Waals surface area (Å²) in [5, 5.41) is 4.32. The number of methoxy groups -OCH3 is 1. The highest BCUT2D eigenvalue weighted by Gasteiger charge is 2.21. The van der Waals surface area contributed by atoms with E-state index in [0.29, 0.717) is 0 Å². The van der Waals surface area contributed by atoms with Crippen molar-refractivity contribution in [3.8, 4) is 0 Å². The Morgan fingerprint density at radius 3 is 2.54 bits per heavy atom. The molecule has 3 heterocycles. The molecule has 142 valence electrons. The molecular formula is C20H31N5O. The molecule has 1 fully saturated rings. The Balaban J connectivity index is 1.56. The number of hydrogen-bond acceptors (Lipinski definition) is 5. The Hall–Kier alpha value is -1.76. The normalized spacial score (nSPS) is 16.4. The Kier molecular flexibility index (Phi) is 7.17.